The molecule has 0 spiro atoms. The number of carbonyl (C=O) groups excluding carboxylic acids is 2. The van der Waals surface area contributed by atoms with Gasteiger partial charge >= 0.3 is 0 Å². The molecule has 1 heterocycles. The topological polar surface area (TPSA) is 70.7 Å². The fourth-order valence-electron chi connectivity index (χ4n) is 2.90. The molecule has 1 aromatic carbocycles. The molecule has 0 aromatic heterocycles. The van der Waals surface area contributed by atoms with Crippen molar-refractivity contribution in [1.82, 2.24) is 15.5 Å². The summed E-state index contributed by atoms with van der Waals surface area (Å²) in [6, 6.07) is 4.05. The number of ether oxygens (including phenoxy) is 1. The van der Waals surface area contributed by atoms with Crippen molar-refractivity contribution in [2.45, 2.75) is 26.3 Å². The van der Waals surface area contributed by atoms with Gasteiger partial charge in [-0.1, -0.05) is 37.0 Å². The zero-order chi connectivity index (χ0) is 19.8. The summed E-state index contributed by atoms with van der Waals surface area (Å²) in [5.41, 5.74) is 0.302. The van der Waals surface area contributed by atoms with Crippen LogP contribution in [0.3, 0.4) is 0 Å². The maximum absolute atomic E-state index is 12.6. The Hall–Kier alpha value is -1.34. The van der Waals surface area contributed by atoms with Crippen molar-refractivity contribution in [3.05, 3.63) is 33.8 Å². The van der Waals surface area contributed by atoms with Crippen molar-refractivity contribution in [3.8, 4) is 0 Å². The molecule has 1 unspecified atom stereocenters. The van der Waals surface area contributed by atoms with Gasteiger partial charge in [-0.3, -0.25) is 14.5 Å². The van der Waals surface area contributed by atoms with Crippen LogP contribution in [0.2, 0.25) is 10.0 Å². The molecule has 1 aliphatic heterocycles. The molecule has 0 saturated carbocycles. The standard InChI is InChI=1S/C19H27Cl2N3O3/c1-13(2)11-17(19(26)22-5-6-24-7-9-27-10-8-24)23-18(25)15-4-3-14(20)12-16(15)21/h3-4,12-13,17H,5-11H2,1-2H3,(H,22,26)(H,23,25). The van der Waals surface area contributed by atoms with E-state index in [1.54, 1.807) is 12.1 Å². The summed E-state index contributed by atoms with van der Waals surface area (Å²) in [6.45, 7) is 8.51. The number of rotatable bonds is 8. The lowest BCUT2D eigenvalue weighted by atomic mass is 10.0. The van der Waals surface area contributed by atoms with Crippen LogP contribution >= 0.6 is 23.2 Å². The molecule has 1 fully saturated rings. The third-order valence-corrected chi connectivity index (χ3v) is 4.88. The Morgan fingerprint density at radius 1 is 1.22 bits per heavy atom. The van der Waals surface area contributed by atoms with E-state index in [1.807, 2.05) is 13.8 Å². The lowest BCUT2D eigenvalue weighted by Crippen LogP contribution is -2.49. The summed E-state index contributed by atoms with van der Waals surface area (Å²) in [7, 11) is 0. The first-order chi connectivity index (χ1) is 12.9. The van der Waals surface area contributed by atoms with Crippen LogP contribution in [-0.4, -0.2) is 62.1 Å². The van der Waals surface area contributed by atoms with E-state index < -0.39 is 6.04 Å². The van der Waals surface area contributed by atoms with E-state index in [-0.39, 0.29) is 22.8 Å². The lowest BCUT2D eigenvalue weighted by Gasteiger charge is -2.27. The molecule has 0 aliphatic carbocycles. The average molecular weight is 416 g/mol. The zero-order valence-corrected chi connectivity index (χ0v) is 17.3. The molecule has 2 amide bonds. The maximum atomic E-state index is 12.6. The highest BCUT2D eigenvalue weighted by atomic mass is 35.5. The molecule has 0 bridgehead atoms. The van der Waals surface area contributed by atoms with Gasteiger partial charge in [-0.25, -0.2) is 0 Å². The zero-order valence-electron chi connectivity index (χ0n) is 15.8. The summed E-state index contributed by atoms with van der Waals surface area (Å²) < 4.78 is 5.32. The highest BCUT2D eigenvalue weighted by Crippen LogP contribution is 2.21. The van der Waals surface area contributed by atoms with Crippen molar-refractivity contribution < 1.29 is 14.3 Å². The van der Waals surface area contributed by atoms with Crippen LogP contribution in [0, 0.1) is 5.92 Å². The molecule has 1 aromatic rings. The average Bonchev–Trinajstić information content (AvgIpc) is 2.61. The van der Waals surface area contributed by atoms with Crippen LogP contribution in [0.25, 0.3) is 0 Å². The van der Waals surface area contributed by atoms with E-state index in [9.17, 15) is 9.59 Å². The van der Waals surface area contributed by atoms with Crippen molar-refractivity contribution in [2.75, 3.05) is 39.4 Å². The van der Waals surface area contributed by atoms with E-state index in [2.05, 4.69) is 15.5 Å². The maximum Gasteiger partial charge on any atom is 0.253 e. The highest BCUT2D eigenvalue weighted by molar-refractivity contribution is 6.36. The van der Waals surface area contributed by atoms with Gasteiger partial charge in [-0.15, -0.1) is 0 Å². The second-order valence-electron chi connectivity index (χ2n) is 7.02. The van der Waals surface area contributed by atoms with Gasteiger partial charge in [0, 0.05) is 31.2 Å². The summed E-state index contributed by atoms with van der Waals surface area (Å²) in [5, 5.41) is 6.44. The van der Waals surface area contributed by atoms with Gasteiger partial charge in [0.05, 0.1) is 23.8 Å². The summed E-state index contributed by atoms with van der Waals surface area (Å²) >= 11 is 12.0. The summed E-state index contributed by atoms with van der Waals surface area (Å²) in [6.07, 6.45) is 0.542. The quantitative estimate of drug-likeness (QED) is 0.684. The minimum Gasteiger partial charge on any atom is -0.379 e. The van der Waals surface area contributed by atoms with Crippen LogP contribution in [0.5, 0.6) is 0 Å². The Morgan fingerprint density at radius 3 is 2.56 bits per heavy atom. The molecule has 2 N–H and O–H groups in total. The Bertz CT molecular complexity index is 649. The SMILES string of the molecule is CC(C)CC(NC(=O)c1ccc(Cl)cc1Cl)C(=O)NCCN1CCOCC1. The summed E-state index contributed by atoms with van der Waals surface area (Å²) in [5.74, 6) is -0.318. The Labute approximate surface area is 170 Å². The first-order valence-corrected chi connectivity index (χ1v) is 9.96. The number of morpholine rings is 1. The fourth-order valence-corrected chi connectivity index (χ4v) is 3.39. The third-order valence-electron chi connectivity index (χ3n) is 4.34. The van der Waals surface area contributed by atoms with Gasteiger partial charge in [0.2, 0.25) is 5.91 Å². The normalized spacial score (nSPS) is 16.2. The molecule has 27 heavy (non-hydrogen) atoms. The molecule has 1 aliphatic rings. The minimum absolute atomic E-state index is 0.185. The number of hydrogen-bond acceptors (Lipinski definition) is 4. The monoisotopic (exact) mass is 415 g/mol. The number of hydrogen-bond donors (Lipinski definition) is 2. The summed E-state index contributed by atoms with van der Waals surface area (Å²) in [4.78, 5) is 27.4. The molecule has 1 atom stereocenters. The Kier molecular flexibility index (Phi) is 8.83. The fraction of sp³-hybridized carbons (Fsp3) is 0.579. The number of nitrogens with one attached hydrogen (secondary N) is 2. The lowest BCUT2D eigenvalue weighted by molar-refractivity contribution is -0.123. The van der Waals surface area contributed by atoms with Gasteiger partial charge in [0.15, 0.2) is 0 Å². The third kappa shape index (κ3) is 7.30. The molecule has 1 saturated heterocycles. The van der Waals surface area contributed by atoms with E-state index in [0.717, 1.165) is 32.8 Å². The smallest absolute Gasteiger partial charge is 0.253 e. The van der Waals surface area contributed by atoms with Gasteiger partial charge in [-0.2, -0.15) is 0 Å². The second-order valence-corrected chi connectivity index (χ2v) is 7.87. The number of nitrogens with zero attached hydrogens (tertiary/aromatic N) is 1. The predicted molar refractivity (Wildman–Crippen MR) is 107 cm³/mol. The van der Waals surface area contributed by atoms with E-state index in [0.29, 0.717) is 23.6 Å². The van der Waals surface area contributed by atoms with Crippen LogP contribution in [0.4, 0.5) is 0 Å². The first-order valence-electron chi connectivity index (χ1n) is 9.20. The molecule has 0 radical (unpaired) electrons. The Balaban J connectivity index is 1.92. The number of amides is 2. The predicted octanol–water partition coefficient (Wildman–Crippen LogP) is 2.59. The van der Waals surface area contributed by atoms with E-state index in [1.165, 1.54) is 6.07 Å². The second kappa shape index (κ2) is 10.9. The van der Waals surface area contributed by atoms with Crippen molar-refractivity contribution >= 4 is 35.0 Å². The molecular weight excluding hydrogens is 389 g/mol. The minimum atomic E-state index is -0.617. The number of benzene rings is 1. The first kappa shape index (κ1) is 22.0. The highest BCUT2D eigenvalue weighted by Gasteiger charge is 2.23. The van der Waals surface area contributed by atoms with Crippen LogP contribution in [0.15, 0.2) is 18.2 Å². The van der Waals surface area contributed by atoms with Crippen LogP contribution in [0.1, 0.15) is 30.6 Å². The molecule has 6 nitrogen and oxygen atoms in total. The van der Waals surface area contributed by atoms with Crippen molar-refractivity contribution in [3.63, 3.8) is 0 Å². The van der Waals surface area contributed by atoms with E-state index in [4.69, 9.17) is 27.9 Å². The Morgan fingerprint density at radius 2 is 1.93 bits per heavy atom. The van der Waals surface area contributed by atoms with Gasteiger partial charge in [0.1, 0.15) is 6.04 Å². The largest absolute Gasteiger partial charge is 0.379 e. The van der Waals surface area contributed by atoms with Gasteiger partial charge < -0.3 is 15.4 Å². The number of halogens is 2. The van der Waals surface area contributed by atoms with Gasteiger partial charge in [0.25, 0.3) is 5.91 Å². The molecular formula is C19H27Cl2N3O3. The van der Waals surface area contributed by atoms with E-state index >= 15 is 0 Å². The molecule has 2 rings (SSSR count). The van der Waals surface area contributed by atoms with Crippen LogP contribution < -0.4 is 10.6 Å². The number of carbonyl (C=O) groups is 2. The van der Waals surface area contributed by atoms with Crippen molar-refractivity contribution in [2.24, 2.45) is 5.92 Å². The van der Waals surface area contributed by atoms with Gasteiger partial charge in [-0.05, 0) is 30.5 Å². The molecule has 150 valence electrons. The van der Waals surface area contributed by atoms with Crippen LogP contribution in [-0.2, 0) is 9.53 Å². The molecule has 8 heteroatoms. The van der Waals surface area contributed by atoms with Crippen molar-refractivity contribution in [1.29, 1.82) is 0 Å².